The number of hydrogen-bond donors (Lipinski definition) is 0. The lowest BCUT2D eigenvalue weighted by Crippen LogP contribution is -2.00. The van der Waals surface area contributed by atoms with Gasteiger partial charge in [0.15, 0.2) is 17.5 Å². The molecule has 0 aliphatic rings. The topological polar surface area (TPSA) is 43.6 Å². The van der Waals surface area contributed by atoms with Crippen molar-refractivity contribution in [2.75, 3.05) is 0 Å². The molecule has 0 N–H and O–H groups in total. The largest absolute Gasteiger partial charge is 0.309 e. The molecule has 3 heterocycles. The van der Waals surface area contributed by atoms with Crippen molar-refractivity contribution in [1.29, 1.82) is 0 Å². The highest BCUT2D eigenvalue weighted by atomic mass is 32.1. The maximum atomic E-state index is 5.17. The predicted molar refractivity (Wildman–Crippen MR) is 260 cm³/mol. The Morgan fingerprint density at radius 3 is 1.58 bits per heavy atom. The van der Waals surface area contributed by atoms with E-state index in [1.165, 1.54) is 58.8 Å². The van der Waals surface area contributed by atoms with Crippen molar-refractivity contribution >= 4 is 53.3 Å². The smallest absolute Gasteiger partial charge is 0.164 e. The summed E-state index contributed by atoms with van der Waals surface area (Å²) in [5, 5.41) is 4.94. The fourth-order valence-electron chi connectivity index (χ4n) is 8.83. The van der Waals surface area contributed by atoms with E-state index in [-0.39, 0.29) is 0 Å². The molecule has 0 aliphatic heterocycles. The highest BCUT2D eigenvalue weighted by Crippen LogP contribution is 2.42. The van der Waals surface area contributed by atoms with Crippen LogP contribution in [-0.2, 0) is 0 Å². The maximum Gasteiger partial charge on any atom is 0.164 e. The number of rotatable bonds is 7. The number of hydrogen-bond acceptors (Lipinski definition) is 4. The summed E-state index contributed by atoms with van der Waals surface area (Å²) in [7, 11) is 0. The van der Waals surface area contributed by atoms with E-state index in [2.05, 4.69) is 205 Å². The van der Waals surface area contributed by atoms with Crippen LogP contribution in [0.1, 0.15) is 0 Å². The number of benzene rings is 9. The predicted octanol–water partition coefficient (Wildman–Crippen LogP) is 15.3. The minimum absolute atomic E-state index is 0.630. The number of nitrogens with zero attached hydrogens (tertiary/aromatic N) is 4. The summed E-state index contributed by atoms with van der Waals surface area (Å²) in [6.07, 6.45) is 0. The lowest BCUT2D eigenvalue weighted by molar-refractivity contribution is 1.07. The van der Waals surface area contributed by atoms with Gasteiger partial charge in [0.05, 0.1) is 11.0 Å². The van der Waals surface area contributed by atoms with Crippen LogP contribution in [0, 0.1) is 0 Å². The van der Waals surface area contributed by atoms with Gasteiger partial charge in [-0.05, 0) is 75.8 Å². The Bertz CT molecular complexity index is 3610. The van der Waals surface area contributed by atoms with E-state index >= 15 is 0 Å². The average Bonchev–Trinajstić information content (AvgIpc) is 3.90. The Kier molecular flexibility index (Phi) is 8.65. The average molecular weight is 809 g/mol. The van der Waals surface area contributed by atoms with Gasteiger partial charge in [-0.2, -0.15) is 0 Å². The third-order valence-electron chi connectivity index (χ3n) is 11.9. The summed E-state index contributed by atoms with van der Waals surface area (Å²) in [5.41, 5.74) is 13.4. The monoisotopic (exact) mass is 808 g/mol. The van der Waals surface area contributed by atoms with Crippen LogP contribution >= 0.6 is 11.3 Å². The Morgan fingerprint density at radius 1 is 0.306 bits per heavy atom. The molecule has 0 aliphatic carbocycles. The van der Waals surface area contributed by atoms with Crippen LogP contribution in [0.4, 0.5) is 0 Å². The Balaban J connectivity index is 0.931. The van der Waals surface area contributed by atoms with Crippen molar-refractivity contribution in [3.63, 3.8) is 0 Å². The van der Waals surface area contributed by atoms with Gasteiger partial charge >= 0.3 is 0 Å². The molecule has 0 atom stereocenters. The Labute approximate surface area is 362 Å². The van der Waals surface area contributed by atoms with Crippen LogP contribution < -0.4 is 0 Å². The first-order chi connectivity index (χ1) is 30.7. The van der Waals surface area contributed by atoms with Crippen LogP contribution in [0.25, 0.3) is 115 Å². The molecule has 0 amide bonds. The minimum Gasteiger partial charge on any atom is -0.309 e. The zero-order valence-corrected chi connectivity index (χ0v) is 34.3. The zero-order chi connectivity index (χ0) is 41.0. The number of fused-ring (bicyclic) bond motifs is 6. The highest BCUT2D eigenvalue weighted by Gasteiger charge is 2.18. The standard InChI is InChI=1S/C57H36N4S/c1-4-14-37(15-5-1)41-18-12-19-42(34-41)43-31-33-53-50(35-43)49-24-13-23-46(54(49)62-53)38-26-28-40(29-27-38)56-58-55(39-16-6-2-7-17-39)59-57(60-56)44-30-32-48-47-22-10-11-25-51(47)61(52(48)36-44)45-20-8-3-9-21-45/h1-36H. The summed E-state index contributed by atoms with van der Waals surface area (Å²) in [4.78, 5) is 15.3. The number of para-hydroxylation sites is 2. The Hall–Kier alpha value is -7.99. The molecule has 5 heteroatoms. The molecule has 12 rings (SSSR count). The van der Waals surface area contributed by atoms with Gasteiger partial charge in [0.25, 0.3) is 0 Å². The summed E-state index contributed by atoms with van der Waals surface area (Å²) >= 11 is 1.85. The lowest BCUT2D eigenvalue weighted by Gasteiger charge is -2.11. The molecule has 3 aromatic heterocycles. The minimum atomic E-state index is 0.630. The second kappa shape index (κ2) is 14.9. The SMILES string of the molecule is c1ccc(-c2cccc(-c3ccc4sc5c(-c6ccc(-c7nc(-c8ccccc8)nc(-c8ccc9c%10ccccc%10n(-c%10ccccc%10)c9c8)n7)cc6)cccc5c4c3)c2)cc1. The third-order valence-corrected chi connectivity index (χ3v) is 13.1. The molecule has 290 valence electrons. The van der Waals surface area contributed by atoms with Gasteiger partial charge in [-0.25, -0.2) is 15.0 Å². The number of thiophene rings is 1. The molecule has 0 fully saturated rings. The van der Waals surface area contributed by atoms with Crippen molar-refractivity contribution in [3.05, 3.63) is 218 Å². The molecular formula is C57H36N4S. The molecule has 0 unspecified atom stereocenters. The van der Waals surface area contributed by atoms with E-state index < -0.39 is 0 Å². The molecule has 4 nitrogen and oxygen atoms in total. The zero-order valence-electron chi connectivity index (χ0n) is 33.5. The van der Waals surface area contributed by atoms with Crippen LogP contribution in [0.15, 0.2) is 218 Å². The molecule has 0 spiro atoms. The van der Waals surface area contributed by atoms with Crippen LogP contribution in [-0.4, -0.2) is 19.5 Å². The number of aromatic nitrogens is 4. The first-order valence-corrected chi connectivity index (χ1v) is 21.7. The van der Waals surface area contributed by atoms with Gasteiger partial charge in [-0.3, -0.25) is 0 Å². The van der Waals surface area contributed by atoms with Crippen LogP contribution in [0.5, 0.6) is 0 Å². The van der Waals surface area contributed by atoms with Crippen LogP contribution in [0.2, 0.25) is 0 Å². The third kappa shape index (κ3) is 6.26. The highest BCUT2D eigenvalue weighted by molar-refractivity contribution is 7.26. The van der Waals surface area contributed by atoms with Crippen molar-refractivity contribution in [3.8, 4) is 73.2 Å². The van der Waals surface area contributed by atoms with Gasteiger partial charge in [-0.1, -0.05) is 176 Å². The molecule has 0 radical (unpaired) electrons. The van der Waals surface area contributed by atoms with Crippen molar-refractivity contribution in [1.82, 2.24) is 19.5 Å². The van der Waals surface area contributed by atoms with Crippen LogP contribution in [0.3, 0.4) is 0 Å². The maximum absolute atomic E-state index is 5.17. The van der Waals surface area contributed by atoms with E-state index in [0.29, 0.717) is 17.5 Å². The first kappa shape index (κ1) is 35.9. The fraction of sp³-hybridized carbons (Fsp3) is 0. The first-order valence-electron chi connectivity index (χ1n) is 20.8. The molecular weight excluding hydrogens is 773 g/mol. The normalized spacial score (nSPS) is 11.5. The van der Waals surface area contributed by atoms with Crippen molar-refractivity contribution in [2.45, 2.75) is 0 Å². The van der Waals surface area contributed by atoms with E-state index in [1.807, 2.05) is 29.5 Å². The van der Waals surface area contributed by atoms with E-state index in [4.69, 9.17) is 15.0 Å². The second-order valence-electron chi connectivity index (χ2n) is 15.6. The molecule has 0 saturated carbocycles. The molecule has 62 heavy (non-hydrogen) atoms. The Morgan fingerprint density at radius 2 is 0.823 bits per heavy atom. The molecule has 0 bridgehead atoms. The quantitative estimate of drug-likeness (QED) is 0.161. The second-order valence-corrected chi connectivity index (χ2v) is 16.7. The van der Waals surface area contributed by atoms with E-state index in [1.54, 1.807) is 0 Å². The molecule has 0 saturated heterocycles. The van der Waals surface area contributed by atoms with Gasteiger partial charge in [0, 0.05) is 53.3 Å². The van der Waals surface area contributed by atoms with Gasteiger partial charge < -0.3 is 4.57 Å². The van der Waals surface area contributed by atoms with Crippen molar-refractivity contribution in [2.24, 2.45) is 0 Å². The summed E-state index contributed by atoms with van der Waals surface area (Å²) < 4.78 is 4.89. The van der Waals surface area contributed by atoms with E-state index in [0.717, 1.165) is 39.0 Å². The fourth-order valence-corrected chi connectivity index (χ4v) is 10.0. The summed E-state index contributed by atoms with van der Waals surface area (Å²) in [6, 6.07) is 77.5. The van der Waals surface area contributed by atoms with Crippen molar-refractivity contribution < 1.29 is 0 Å². The van der Waals surface area contributed by atoms with E-state index in [9.17, 15) is 0 Å². The van der Waals surface area contributed by atoms with Gasteiger partial charge in [0.2, 0.25) is 0 Å². The summed E-state index contributed by atoms with van der Waals surface area (Å²) in [5.74, 6) is 1.90. The van der Waals surface area contributed by atoms with Gasteiger partial charge in [-0.15, -0.1) is 11.3 Å². The lowest BCUT2D eigenvalue weighted by atomic mass is 9.97. The molecule has 12 aromatic rings. The summed E-state index contributed by atoms with van der Waals surface area (Å²) in [6.45, 7) is 0. The molecule has 9 aromatic carbocycles. The van der Waals surface area contributed by atoms with Gasteiger partial charge in [0.1, 0.15) is 0 Å².